The summed E-state index contributed by atoms with van der Waals surface area (Å²) in [4.78, 5) is 2.10. The van der Waals surface area contributed by atoms with Gasteiger partial charge in [-0.3, -0.25) is 5.41 Å². The lowest BCUT2D eigenvalue weighted by Crippen LogP contribution is -2.49. The van der Waals surface area contributed by atoms with Crippen molar-refractivity contribution in [3.05, 3.63) is 0 Å². The molecule has 1 saturated carbocycles. The Hall–Kier alpha value is -0.730. The van der Waals surface area contributed by atoms with E-state index in [1.165, 1.54) is 25.7 Å². The number of likely N-dealkylation sites (tertiary alicyclic amines) is 1. The van der Waals surface area contributed by atoms with Gasteiger partial charge in [-0.05, 0) is 57.8 Å². The molecule has 3 heteroatoms. The van der Waals surface area contributed by atoms with Crippen LogP contribution in [0.2, 0.25) is 0 Å². The molecule has 3 nitrogen and oxygen atoms in total. The fraction of sp³-hybridized carbons (Fsp3) is 0.929. The molecular weight excluding hydrogens is 212 g/mol. The second kappa shape index (κ2) is 4.18. The summed E-state index contributed by atoms with van der Waals surface area (Å²) in [5, 5.41) is 7.99. The zero-order valence-electron chi connectivity index (χ0n) is 11.7. The Balaban J connectivity index is 1.81. The first-order valence-corrected chi connectivity index (χ1v) is 6.82. The van der Waals surface area contributed by atoms with Crippen molar-refractivity contribution in [3.8, 4) is 0 Å². The highest BCUT2D eigenvalue weighted by Gasteiger charge is 2.44. The van der Waals surface area contributed by atoms with E-state index in [4.69, 9.17) is 10.1 Å². The number of piperidine rings is 1. The Morgan fingerprint density at radius 1 is 1.24 bits per heavy atom. The molecule has 1 aliphatic heterocycles. The van der Waals surface area contributed by atoms with Crippen molar-refractivity contribution >= 4 is 6.02 Å². The Bertz CT molecular complexity index is 290. The lowest BCUT2D eigenvalue weighted by atomic mass is 9.58. The quantitative estimate of drug-likeness (QED) is 0.519. The number of nitrogens with zero attached hydrogens (tertiary/aromatic N) is 1. The lowest BCUT2D eigenvalue weighted by molar-refractivity contribution is -0.00264. The molecule has 17 heavy (non-hydrogen) atoms. The molecule has 0 radical (unpaired) electrons. The Labute approximate surface area is 105 Å². The molecule has 1 N–H and O–H groups in total. The van der Waals surface area contributed by atoms with E-state index in [9.17, 15) is 0 Å². The van der Waals surface area contributed by atoms with Crippen molar-refractivity contribution in [2.45, 2.75) is 59.0 Å². The largest absolute Gasteiger partial charge is 0.460 e. The highest BCUT2D eigenvalue weighted by molar-refractivity contribution is 5.70. The molecule has 2 aliphatic rings. The molecule has 0 aromatic heterocycles. The average Bonchev–Trinajstić information content (AvgIpc) is 2.14. The highest BCUT2D eigenvalue weighted by Crippen LogP contribution is 2.52. The molecule has 1 aliphatic carbocycles. The van der Waals surface area contributed by atoms with Gasteiger partial charge in [0.05, 0.1) is 0 Å². The van der Waals surface area contributed by atoms with Crippen LogP contribution in [0.25, 0.3) is 0 Å². The SMILES string of the molecule is CC1CC2(CCN(C(=N)OC(C)(C)C)CC2)C1. The fourth-order valence-corrected chi connectivity index (χ4v) is 3.37. The predicted octanol–water partition coefficient (Wildman–Crippen LogP) is 3.25. The number of rotatable bonds is 0. The summed E-state index contributed by atoms with van der Waals surface area (Å²) in [6, 6.07) is 0.361. The first-order valence-electron chi connectivity index (χ1n) is 6.82. The second-order valence-electron chi connectivity index (χ2n) is 7.02. The summed E-state index contributed by atoms with van der Waals surface area (Å²) < 4.78 is 5.63. The molecule has 98 valence electrons. The number of ether oxygens (including phenoxy) is 1. The van der Waals surface area contributed by atoms with E-state index in [0.717, 1.165) is 19.0 Å². The van der Waals surface area contributed by atoms with Gasteiger partial charge in [-0.25, -0.2) is 0 Å². The van der Waals surface area contributed by atoms with Crippen LogP contribution in [-0.4, -0.2) is 29.6 Å². The van der Waals surface area contributed by atoms with Gasteiger partial charge in [0.1, 0.15) is 5.60 Å². The number of nitrogens with one attached hydrogen (secondary N) is 1. The minimum atomic E-state index is -0.253. The molecule has 2 rings (SSSR count). The molecule has 0 aromatic carbocycles. The van der Waals surface area contributed by atoms with E-state index in [1.54, 1.807) is 0 Å². The number of hydrogen-bond donors (Lipinski definition) is 1. The summed E-state index contributed by atoms with van der Waals surface area (Å²) in [7, 11) is 0. The topological polar surface area (TPSA) is 36.3 Å². The molecule has 1 spiro atoms. The molecule has 0 bridgehead atoms. The van der Waals surface area contributed by atoms with Crippen LogP contribution in [0.1, 0.15) is 53.4 Å². The van der Waals surface area contributed by atoms with Gasteiger partial charge >= 0.3 is 0 Å². The molecule has 1 saturated heterocycles. The van der Waals surface area contributed by atoms with Crippen molar-refractivity contribution in [2.24, 2.45) is 11.3 Å². The number of hydrogen-bond acceptors (Lipinski definition) is 2. The Morgan fingerprint density at radius 2 is 1.76 bits per heavy atom. The minimum Gasteiger partial charge on any atom is -0.460 e. The average molecular weight is 238 g/mol. The summed E-state index contributed by atoms with van der Waals surface area (Å²) >= 11 is 0. The molecule has 2 fully saturated rings. The van der Waals surface area contributed by atoms with E-state index >= 15 is 0 Å². The normalized spacial score (nSPS) is 24.6. The molecule has 0 amide bonds. The van der Waals surface area contributed by atoms with Crippen molar-refractivity contribution in [2.75, 3.05) is 13.1 Å². The van der Waals surface area contributed by atoms with E-state index in [2.05, 4.69) is 11.8 Å². The third-order valence-corrected chi connectivity index (χ3v) is 4.08. The zero-order valence-corrected chi connectivity index (χ0v) is 11.7. The van der Waals surface area contributed by atoms with Crippen LogP contribution in [0.5, 0.6) is 0 Å². The highest BCUT2D eigenvalue weighted by atomic mass is 16.5. The van der Waals surface area contributed by atoms with Gasteiger partial charge < -0.3 is 9.64 Å². The molecule has 0 aromatic rings. The van der Waals surface area contributed by atoms with E-state index in [-0.39, 0.29) is 5.60 Å². The third kappa shape index (κ3) is 2.93. The van der Waals surface area contributed by atoms with E-state index < -0.39 is 0 Å². The summed E-state index contributed by atoms with van der Waals surface area (Å²) in [6.45, 7) is 10.4. The van der Waals surface area contributed by atoms with Crippen LogP contribution in [0.3, 0.4) is 0 Å². The van der Waals surface area contributed by atoms with Crippen molar-refractivity contribution in [1.82, 2.24) is 4.90 Å². The lowest BCUT2D eigenvalue weighted by Gasteiger charge is -2.51. The van der Waals surface area contributed by atoms with Crippen LogP contribution in [0.4, 0.5) is 0 Å². The summed E-state index contributed by atoms with van der Waals surface area (Å²) in [5.74, 6) is 0.923. The molecule has 0 atom stereocenters. The standard InChI is InChI=1S/C14H26N2O/c1-11-9-14(10-11)5-7-16(8-6-14)12(15)17-13(2,3)4/h11,15H,5-10H2,1-4H3. The van der Waals surface area contributed by atoms with E-state index in [0.29, 0.717) is 11.4 Å². The third-order valence-electron chi connectivity index (χ3n) is 4.08. The van der Waals surface area contributed by atoms with Crippen LogP contribution in [-0.2, 0) is 4.74 Å². The Morgan fingerprint density at radius 3 is 2.18 bits per heavy atom. The smallest absolute Gasteiger partial charge is 0.284 e. The molecular formula is C14H26N2O. The van der Waals surface area contributed by atoms with Gasteiger partial charge in [0, 0.05) is 13.1 Å². The minimum absolute atomic E-state index is 0.253. The van der Waals surface area contributed by atoms with Crippen LogP contribution in [0, 0.1) is 16.7 Å². The Kier molecular flexibility index (Phi) is 3.13. The first kappa shape index (κ1) is 12.7. The fourth-order valence-electron chi connectivity index (χ4n) is 3.37. The summed E-state index contributed by atoms with van der Waals surface area (Å²) in [5.41, 5.74) is 0.370. The van der Waals surface area contributed by atoms with Gasteiger partial charge in [-0.1, -0.05) is 6.92 Å². The maximum absolute atomic E-state index is 7.99. The predicted molar refractivity (Wildman–Crippen MR) is 70.2 cm³/mol. The molecule has 1 heterocycles. The van der Waals surface area contributed by atoms with Crippen LogP contribution < -0.4 is 0 Å². The van der Waals surface area contributed by atoms with Crippen LogP contribution >= 0.6 is 0 Å². The van der Waals surface area contributed by atoms with Crippen molar-refractivity contribution < 1.29 is 4.74 Å². The van der Waals surface area contributed by atoms with Gasteiger partial charge in [-0.15, -0.1) is 0 Å². The van der Waals surface area contributed by atoms with Gasteiger partial charge in [0.15, 0.2) is 0 Å². The summed E-state index contributed by atoms with van der Waals surface area (Å²) in [6.07, 6.45) is 5.28. The number of amidine groups is 1. The maximum Gasteiger partial charge on any atom is 0.284 e. The first-order chi connectivity index (χ1) is 7.80. The van der Waals surface area contributed by atoms with Gasteiger partial charge in [0.25, 0.3) is 6.02 Å². The van der Waals surface area contributed by atoms with Crippen LogP contribution in [0.15, 0.2) is 0 Å². The van der Waals surface area contributed by atoms with Gasteiger partial charge in [-0.2, -0.15) is 0 Å². The molecule has 0 unspecified atom stereocenters. The van der Waals surface area contributed by atoms with Crippen molar-refractivity contribution in [1.29, 1.82) is 5.41 Å². The zero-order chi connectivity index (χ0) is 12.7. The van der Waals surface area contributed by atoms with Crippen molar-refractivity contribution in [3.63, 3.8) is 0 Å². The second-order valence-corrected chi connectivity index (χ2v) is 7.02. The van der Waals surface area contributed by atoms with Gasteiger partial charge in [0.2, 0.25) is 0 Å². The maximum atomic E-state index is 7.99. The monoisotopic (exact) mass is 238 g/mol. The van der Waals surface area contributed by atoms with E-state index in [1.807, 2.05) is 20.8 Å².